The van der Waals surface area contributed by atoms with E-state index in [4.69, 9.17) is 19.7 Å². The fourth-order valence-electron chi connectivity index (χ4n) is 5.36. The summed E-state index contributed by atoms with van der Waals surface area (Å²) < 4.78 is 10.9. The van der Waals surface area contributed by atoms with Crippen molar-refractivity contribution < 1.29 is 38.9 Å². The van der Waals surface area contributed by atoms with Gasteiger partial charge < -0.3 is 19.7 Å². The fourth-order valence-corrected chi connectivity index (χ4v) is 5.36. The van der Waals surface area contributed by atoms with Crippen LogP contribution in [0.3, 0.4) is 0 Å². The number of carbonyl (C=O) groups is 4. The third-order valence-corrected chi connectivity index (χ3v) is 8.22. The van der Waals surface area contributed by atoms with E-state index >= 15 is 0 Å². The Balaban J connectivity index is 0.000000800. The van der Waals surface area contributed by atoms with Gasteiger partial charge in [0.05, 0.1) is 35.5 Å². The number of hydrogen-bond donors (Lipinski definition) is 2. The highest BCUT2D eigenvalue weighted by Gasteiger charge is 2.19. The van der Waals surface area contributed by atoms with Crippen molar-refractivity contribution in [1.82, 2.24) is 0 Å². The first kappa shape index (κ1) is 42.3. The second kappa shape index (κ2) is 28.3. The van der Waals surface area contributed by atoms with E-state index in [-0.39, 0.29) is 11.1 Å². The maximum Gasteiger partial charge on any atom is 0.339 e. The number of ether oxygens (including phenoxy) is 2. The maximum absolute atomic E-state index is 12.6. The zero-order valence-electron chi connectivity index (χ0n) is 29.5. The van der Waals surface area contributed by atoms with Crippen LogP contribution in [0.4, 0.5) is 0 Å². The molecule has 268 valence electrons. The lowest BCUT2D eigenvalue weighted by atomic mass is 10.1. The minimum absolute atomic E-state index is 0.190. The van der Waals surface area contributed by atoms with Gasteiger partial charge in [0, 0.05) is 0 Å². The Hall–Kier alpha value is -3.68. The first-order chi connectivity index (χ1) is 23.3. The average molecular weight is 669 g/mol. The summed E-state index contributed by atoms with van der Waals surface area (Å²) in [6.45, 7) is 5.29. The summed E-state index contributed by atoms with van der Waals surface area (Å²) in [5.41, 5.74) is 0.227. The molecular formula is C40H60O8. The van der Waals surface area contributed by atoms with Gasteiger partial charge in [0.25, 0.3) is 0 Å². The molecule has 0 spiro atoms. The zero-order valence-corrected chi connectivity index (χ0v) is 29.5. The number of rotatable bonds is 26. The standard InChI is InChI=1S/C32H54O4.C8H6O4/c1-3-5-7-9-11-13-15-17-19-23-27-35-31(33)29-25-21-22-26-30(29)32(34)36-28-24-20-18-16-14-12-10-8-6-4-2;9-7(10)5-3-1-2-4-6(5)8(11)12/h21-22,25-26H,3-20,23-24,27-28H2,1-2H3;1-4H,(H,9,10)(H,11,12). The lowest BCUT2D eigenvalue weighted by molar-refractivity contribution is 0.0450. The van der Waals surface area contributed by atoms with Crippen LogP contribution < -0.4 is 0 Å². The Kier molecular flexibility index (Phi) is 25.0. The highest BCUT2D eigenvalue weighted by molar-refractivity contribution is 6.03. The van der Waals surface area contributed by atoms with Crippen LogP contribution in [0.25, 0.3) is 0 Å². The summed E-state index contributed by atoms with van der Waals surface area (Å²) in [5, 5.41) is 17.1. The summed E-state index contributed by atoms with van der Waals surface area (Å²) in [4.78, 5) is 46.0. The Morgan fingerprint density at radius 2 is 0.667 bits per heavy atom. The van der Waals surface area contributed by atoms with Crippen LogP contribution in [0, 0.1) is 0 Å². The number of unbranched alkanes of at least 4 members (excludes halogenated alkanes) is 18. The maximum atomic E-state index is 12.6. The fraction of sp³-hybridized carbons (Fsp3) is 0.600. The van der Waals surface area contributed by atoms with E-state index in [0.29, 0.717) is 24.3 Å². The third-order valence-electron chi connectivity index (χ3n) is 8.22. The molecule has 2 aromatic rings. The molecule has 0 fully saturated rings. The number of hydrogen-bond acceptors (Lipinski definition) is 6. The van der Waals surface area contributed by atoms with Crippen molar-refractivity contribution in [2.45, 2.75) is 142 Å². The van der Waals surface area contributed by atoms with Crippen LogP contribution >= 0.6 is 0 Å². The Morgan fingerprint density at radius 3 is 0.938 bits per heavy atom. The second-order valence-electron chi connectivity index (χ2n) is 12.3. The molecule has 0 amide bonds. The molecule has 0 aromatic heterocycles. The second-order valence-corrected chi connectivity index (χ2v) is 12.3. The largest absolute Gasteiger partial charge is 0.478 e. The first-order valence-electron chi connectivity index (χ1n) is 18.3. The van der Waals surface area contributed by atoms with Crippen LogP contribution in [0.1, 0.15) is 184 Å². The topological polar surface area (TPSA) is 127 Å². The minimum atomic E-state index is -1.23. The van der Waals surface area contributed by atoms with Gasteiger partial charge >= 0.3 is 23.9 Å². The third kappa shape index (κ3) is 19.9. The predicted molar refractivity (Wildman–Crippen MR) is 191 cm³/mol. The van der Waals surface area contributed by atoms with Crippen molar-refractivity contribution in [1.29, 1.82) is 0 Å². The molecule has 0 unspecified atom stereocenters. The van der Waals surface area contributed by atoms with Gasteiger partial charge in [0.1, 0.15) is 0 Å². The molecule has 0 bridgehead atoms. The van der Waals surface area contributed by atoms with E-state index in [2.05, 4.69) is 13.8 Å². The number of carboxylic acids is 2. The van der Waals surface area contributed by atoms with Crippen LogP contribution in [-0.4, -0.2) is 47.3 Å². The van der Waals surface area contributed by atoms with E-state index in [1.54, 1.807) is 24.3 Å². The van der Waals surface area contributed by atoms with E-state index < -0.39 is 23.9 Å². The number of benzene rings is 2. The van der Waals surface area contributed by atoms with Crippen LogP contribution in [0.15, 0.2) is 48.5 Å². The molecular weight excluding hydrogens is 608 g/mol. The summed E-state index contributed by atoms with van der Waals surface area (Å²) in [6, 6.07) is 12.3. The molecule has 0 aliphatic heterocycles. The van der Waals surface area contributed by atoms with Gasteiger partial charge in [0.2, 0.25) is 0 Å². The molecule has 0 saturated heterocycles. The van der Waals surface area contributed by atoms with Crippen molar-refractivity contribution in [3.8, 4) is 0 Å². The molecule has 0 aliphatic rings. The molecule has 2 rings (SSSR count). The molecule has 48 heavy (non-hydrogen) atoms. The van der Waals surface area contributed by atoms with E-state index in [1.807, 2.05) is 0 Å². The van der Waals surface area contributed by atoms with Gasteiger partial charge in [-0.05, 0) is 37.1 Å². The van der Waals surface area contributed by atoms with E-state index in [1.165, 1.54) is 127 Å². The Morgan fingerprint density at radius 1 is 0.417 bits per heavy atom. The van der Waals surface area contributed by atoms with Crippen molar-refractivity contribution in [3.05, 3.63) is 70.8 Å². The minimum Gasteiger partial charge on any atom is -0.478 e. The van der Waals surface area contributed by atoms with Crippen molar-refractivity contribution in [3.63, 3.8) is 0 Å². The van der Waals surface area contributed by atoms with Gasteiger partial charge in [-0.25, -0.2) is 19.2 Å². The normalized spacial score (nSPS) is 10.5. The molecule has 8 heteroatoms. The van der Waals surface area contributed by atoms with Crippen molar-refractivity contribution in [2.24, 2.45) is 0 Å². The molecule has 0 aliphatic carbocycles. The molecule has 0 saturated carbocycles. The average Bonchev–Trinajstić information content (AvgIpc) is 3.09. The van der Waals surface area contributed by atoms with Gasteiger partial charge in [0.15, 0.2) is 0 Å². The van der Waals surface area contributed by atoms with Gasteiger partial charge in [-0.1, -0.05) is 154 Å². The smallest absolute Gasteiger partial charge is 0.339 e. The lowest BCUT2D eigenvalue weighted by Crippen LogP contribution is -2.15. The quantitative estimate of drug-likeness (QED) is 0.0749. The summed E-state index contributed by atoms with van der Waals surface area (Å²) >= 11 is 0. The highest BCUT2D eigenvalue weighted by atomic mass is 16.5. The predicted octanol–water partition coefficient (Wildman–Crippen LogP) is 10.9. The number of aromatic carboxylic acids is 2. The zero-order chi connectivity index (χ0) is 35.2. The van der Waals surface area contributed by atoms with Crippen molar-refractivity contribution >= 4 is 23.9 Å². The Bertz CT molecular complexity index is 1090. The molecule has 0 atom stereocenters. The molecule has 0 heterocycles. The van der Waals surface area contributed by atoms with Crippen LogP contribution in [0.5, 0.6) is 0 Å². The number of esters is 2. The first-order valence-corrected chi connectivity index (χ1v) is 18.3. The summed E-state index contributed by atoms with van der Waals surface area (Å²) in [5.74, 6) is -3.32. The lowest BCUT2D eigenvalue weighted by Gasteiger charge is -2.10. The molecule has 2 N–H and O–H groups in total. The van der Waals surface area contributed by atoms with Crippen LogP contribution in [0.2, 0.25) is 0 Å². The number of carbonyl (C=O) groups excluding carboxylic acids is 2. The number of carboxylic acid groups (broad SMARTS) is 2. The van der Waals surface area contributed by atoms with Gasteiger partial charge in [-0.3, -0.25) is 0 Å². The van der Waals surface area contributed by atoms with Gasteiger partial charge in [-0.2, -0.15) is 0 Å². The Labute approximate surface area is 288 Å². The molecule has 8 nitrogen and oxygen atoms in total. The summed E-state index contributed by atoms with van der Waals surface area (Å²) in [7, 11) is 0. The van der Waals surface area contributed by atoms with Crippen molar-refractivity contribution in [2.75, 3.05) is 13.2 Å². The molecule has 0 radical (unpaired) electrons. The summed E-state index contributed by atoms with van der Waals surface area (Å²) in [6.07, 6.45) is 24.8. The monoisotopic (exact) mass is 668 g/mol. The van der Waals surface area contributed by atoms with Crippen LogP contribution in [-0.2, 0) is 9.47 Å². The van der Waals surface area contributed by atoms with E-state index in [9.17, 15) is 19.2 Å². The highest BCUT2D eigenvalue weighted by Crippen LogP contribution is 2.15. The molecule has 2 aromatic carbocycles. The van der Waals surface area contributed by atoms with E-state index in [0.717, 1.165) is 25.7 Å². The SMILES string of the molecule is CCCCCCCCCCCCOC(=O)c1ccccc1C(=O)OCCCCCCCCCCCC.O=C(O)c1ccccc1C(=O)O. The van der Waals surface area contributed by atoms with Gasteiger partial charge in [-0.15, -0.1) is 0 Å².